The number of carbonyl (C=O) groups excluding carboxylic acids is 6. The molecule has 396 valence electrons. The van der Waals surface area contributed by atoms with Gasteiger partial charge in [0.15, 0.2) is 0 Å². The second-order valence-corrected chi connectivity index (χ2v) is 20.6. The minimum atomic E-state index is -5.14. The minimum absolute atomic E-state index is 0.116. The van der Waals surface area contributed by atoms with E-state index in [1.165, 1.54) is 29.4 Å². The molecule has 1 saturated heterocycles. The van der Waals surface area contributed by atoms with Crippen molar-refractivity contribution in [3.05, 3.63) is 58.2 Å². The van der Waals surface area contributed by atoms with Crippen molar-refractivity contribution in [1.29, 1.82) is 0 Å². The first kappa shape index (κ1) is 56.9. The number of aromatic carboxylic acids is 1. The van der Waals surface area contributed by atoms with Crippen LogP contribution in [-0.2, 0) is 68.5 Å². The van der Waals surface area contributed by atoms with E-state index in [0.717, 1.165) is 55.9 Å². The lowest BCUT2D eigenvalue weighted by molar-refractivity contribution is -0.139. The van der Waals surface area contributed by atoms with Gasteiger partial charge in [0.2, 0.25) is 35.4 Å². The third kappa shape index (κ3) is 16.0. The molecular formula is C46H67N10O14PS. The van der Waals surface area contributed by atoms with Crippen LogP contribution < -0.4 is 27.0 Å². The number of aliphatic hydroxyl groups is 1. The number of unbranched alkanes of at least 4 members (excludes halogenated alkanes) is 3. The van der Waals surface area contributed by atoms with Crippen molar-refractivity contribution in [1.82, 2.24) is 40.3 Å². The molecule has 1 fully saturated rings. The SMILES string of the molecule is CC(=O)N1CCC[C@H]1C(=O)N[C@@H](CC(C)C)C(=O)N[C@@H](Cc1cncn1CCCCCCO/N=C/c1cccn1-c1sc2c(c1C(=O)O)CCCC2)C(=O)N[C@@H](CO)C(=O)N[C@H](C(N)=O)[C@@H](C)OP(=O)(O)O. The van der Waals surface area contributed by atoms with Gasteiger partial charge in [-0.15, -0.1) is 11.3 Å². The van der Waals surface area contributed by atoms with Crippen LogP contribution in [0.4, 0.5) is 0 Å². The lowest BCUT2D eigenvalue weighted by Crippen LogP contribution is -2.61. The second kappa shape index (κ2) is 26.6. The minimum Gasteiger partial charge on any atom is -0.478 e. The Morgan fingerprint density at radius 3 is 2.33 bits per heavy atom. The van der Waals surface area contributed by atoms with Gasteiger partial charge in [-0.1, -0.05) is 25.4 Å². The van der Waals surface area contributed by atoms with Gasteiger partial charge in [-0.05, 0) is 94.7 Å². The molecule has 0 radical (unpaired) electrons. The molecular weight excluding hydrogens is 980 g/mol. The quantitative estimate of drug-likeness (QED) is 0.0215. The van der Waals surface area contributed by atoms with Crippen molar-refractivity contribution < 1.29 is 67.5 Å². The number of likely N-dealkylation sites (tertiary alicyclic amines) is 1. The lowest BCUT2D eigenvalue weighted by atomic mass is 9.95. The van der Waals surface area contributed by atoms with Crippen LogP contribution in [0, 0.1) is 5.92 Å². The van der Waals surface area contributed by atoms with Gasteiger partial charge < -0.3 is 65.9 Å². The van der Waals surface area contributed by atoms with Crippen LogP contribution in [0.1, 0.15) is 118 Å². The number of phosphoric ester groups is 1. The molecule has 1 aliphatic heterocycles. The van der Waals surface area contributed by atoms with Crippen molar-refractivity contribution in [2.24, 2.45) is 16.8 Å². The molecule has 10 N–H and O–H groups in total. The number of imidazole rings is 1. The molecule has 1 aliphatic carbocycles. The van der Waals surface area contributed by atoms with E-state index >= 15 is 0 Å². The van der Waals surface area contributed by atoms with Crippen LogP contribution in [-0.4, -0.2) is 143 Å². The predicted molar refractivity (Wildman–Crippen MR) is 262 cm³/mol. The van der Waals surface area contributed by atoms with Crippen molar-refractivity contribution in [3.8, 4) is 5.00 Å². The van der Waals surface area contributed by atoms with Gasteiger partial charge in [0.25, 0.3) is 0 Å². The molecule has 5 rings (SSSR count). The Bertz CT molecular complexity index is 2470. The first-order valence-corrected chi connectivity index (χ1v) is 26.4. The number of rotatable bonds is 28. The molecule has 3 aromatic heterocycles. The highest BCUT2D eigenvalue weighted by Crippen LogP contribution is 2.39. The number of nitrogens with two attached hydrogens (primary N) is 1. The van der Waals surface area contributed by atoms with Gasteiger partial charge in [-0.25, -0.2) is 14.3 Å². The van der Waals surface area contributed by atoms with Crippen molar-refractivity contribution in [3.63, 3.8) is 0 Å². The number of phosphoric acid groups is 1. The number of primary amides is 1. The van der Waals surface area contributed by atoms with Crippen molar-refractivity contribution in [2.45, 2.75) is 148 Å². The summed E-state index contributed by atoms with van der Waals surface area (Å²) in [6, 6.07) is -3.28. The van der Waals surface area contributed by atoms with Gasteiger partial charge in [0.1, 0.15) is 41.8 Å². The smallest absolute Gasteiger partial charge is 0.469 e. The van der Waals surface area contributed by atoms with Gasteiger partial charge in [-0.2, -0.15) is 0 Å². The molecule has 0 saturated carbocycles. The number of oxime groups is 1. The summed E-state index contributed by atoms with van der Waals surface area (Å²) < 4.78 is 19.6. The number of aromatic nitrogens is 3. The normalized spacial score (nSPS) is 16.9. The van der Waals surface area contributed by atoms with Crippen LogP contribution in [0.5, 0.6) is 0 Å². The molecule has 0 bridgehead atoms. The zero-order valence-electron chi connectivity index (χ0n) is 40.9. The average molecular weight is 1050 g/mol. The van der Waals surface area contributed by atoms with Gasteiger partial charge >= 0.3 is 13.8 Å². The maximum absolute atomic E-state index is 14.1. The largest absolute Gasteiger partial charge is 0.478 e. The first-order chi connectivity index (χ1) is 34.2. The Kier molecular flexibility index (Phi) is 21.1. The number of fused-ring (bicyclic) bond motifs is 1. The number of carboxylic acid groups (broad SMARTS) is 1. The molecule has 6 amide bonds. The summed E-state index contributed by atoms with van der Waals surface area (Å²) >= 11 is 1.50. The van der Waals surface area contributed by atoms with Crippen molar-refractivity contribution >= 4 is 66.8 Å². The summed E-state index contributed by atoms with van der Waals surface area (Å²) in [5.74, 6) is -5.99. The number of carboxylic acids is 1. The third-order valence-electron chi connectivity index (χ3n) is 12.3. The molecule has 4 heterocycles. The maximum atomic E-state index is 14.1. The maximum Gasteiger partial charge on any atom is 0.469 e. The summed E-state index contributed by atoms with van der Waals surface area (Å²) in [6.45, 7) is 6.26. The Hall–Kier alpha value is -5.98. The van der Waals surface area contributed by atoms with Crippen LogP contribution in [0.25, 0.3) is 5.00 Å². The first-order valence-electron chi connectivity index (χ1n) is 24.0. The molecule has 2 aliphatic rings. The van der Waals surface area contributed by atoms with Gasteiger partial charge in [0, 0.05) is 49.4 Å². The van der Waals surface area contributed by atoms with Crippen LogP contribution in [0.3, 0.4) is 0 Å². The predicted octanol–water partition coefficient (Wildman–Crippen LogP) is 1.44. The number of aliphatic hydroxyl groups excluding tert-OH is 1. The molecule has 3 aromatic rings. The zero-order valence-corrected chi connectivity index (χ0v) is 42.6. The van der Waals surface area contributed by atoms with E-state index in [2.05, 4.69) is 35.9 Å². The molecule has 0 unspecified atom stereocenters. The second-order valence-electron chi connectivity index (χ2n) is 18.3. The lowest BCUT2D eigenvalue weighted by Gasteiger charge is -2.28. The van der Waals surface area contributed by atoms with E-state index in [1.807, 2.05) is 36.7 Å². The molecule has 24 nitrogen and oxygen atoms in total. The Labute approximate surface area is 420 Å². The Morgan fingerprint density at radius 2 is 1.65 bits per heavy atom. The highest BCUT2D eigenvalue weighted by molar-refractivity contribution is 7.46. The number of thiophene rings is 1. The molecule has 26 heteroatoms. The number of hydrogen-bond donors (Lipinski definition) is 9. The number of amides is 6. The summed E-state index contributed by atoms with van der Waals surface area (Å²) in [6.07, 6.45) is 12.3. The fourth-order valence-corrected chi connectivity index (χ4v) is 10.7. The molecule has 0 spiro atoms. The Balaban J connectivity index is 1.22. The number of carbonyl (C=O) groups is 7. The number of hydrogen-bond acceptors (Lipinski definition) is 14. The molecule has 72 heavy (non-hydrogen) atoms. The Morgan fingerprint density at radius 1 is 0.958 bits per heavy atom. The number of aryl methyl sites for hydroxylation is 2. The topological polar surface area (TPSA) is 348 Å². The summed E-state index contributed by atoms with van der Waals surface area (Å²) in [5.41, 5.74) is 7.82. The summed E-state index contributed by atoms with van der Waals surface area (Å²) in [4.78, 5) is 123. The van der Waals surface area contributed by atoms with Crippen LogP contribution in [0.15, 0.2) is 36.0 Å². The summed E-state index contributed by atoms with van der Waals surface area (Å²) in [5, 5.41) is 35.0. The van der Waals surface area contributed by atoms with Crippen LogP contribution in [0.2, 0.25) is 0 Å². The highest BCUT2D eigenvalue weighted by atomic mass is 32.1. The molecule has 0 aromatic carbocycles. The fraction of sp³-hybridized carbons (Fsp3) is 0.587. The average Bonchev–Trinajstić information content (AvgIpc) is 4.14. The van der Waals surface area contributed by atoms with E-state index in [4.69, 9.17) is 10.6 Å². The number of nitrogens with one attached hydrogen (secondary N) is 4. The molecule has 6 atom stereocenters. The third-order valence-corrected chi connectivity index (χ3v) is 14.2. The standard InChI is InChI=1S/C46H67N10O14PS/c1-27(2)21-33(51-44(63)36-15-12-18-55(36)29(4)58)41(60)50-34(42(61)52-35(25-57)43(62)53-39(40(47)59)28(3)70-71(66,67)68)22-31-23-48-26-54(31)17-9-5-6-10-20-69-49-24-30-13-11-19-56(30)45-38(46(64)65)32-14-7-8-16-37(32)72-45/h11,13,19,23-24,26-28,33-36,39,57H,5-10,12,14-18,20-22,25H2,1-4H3,(H2,47,59)(H,50,60)(H,51,63)(H,52,61)(H,53,62)(H,64,65)(H2,66,67,68)/b49-24+/t28-,33+,34+,35+,36+,39+/m1/s1. The highest BCUT2D eigenvalue weighted by Gasteiger charge is 2.37. The van der Waals surface area contributed by atoms with Gasteiger partial charge in [0.05, 0.1) is 36.5 Å². The zero-order chi connectivity index (χ0) is 52.7. The number of nitrogens with zero attached hydrogens (tertiary/aromatic N) is 5. The monoisotopic (exact) mass is 1050 g/mol. The van der Waals surface area contributed by atoms with E-state index in [9.17, 15) is 58.1 Å². The van der Waals surface area contributed by atoms with E-state index in [1.54, 1.807) is 17.1 Å². The van der Waals surface area contributed by atoms with Crippen LogP contribution >= 0.6 is 19.2 Å². The van der Waals surface area contributed by atoms with E-state index < -0.39 is 86.2 Å². The van der Waals surface area contributed by atoms with E-state index in [0.29, 0.717) is 67.3 Å². The fourth-order valence-electron chi connectivity index (χ4n) is 8.79. The van der Waals surface area contributed by atoms with E-state index in [-0.39, 0.29) is 24.7 Å². The summed E-state index contributed by atoms with van der Waals surface area (Å²) in [7, 11) is -5.14. The van der Waals surface area contributed by atoms with Gasteiger partial charge in [-0.3, -0.25) is 33.3 Å². The van der Waals surface area contributed by atoms with Crippen molar-refractivity contribution in [2.75, 3.05) is 19.8 Å².